The molecule has 0 aliphatic rings. The molecule has 0 atom stereocenters. The molecule has 0 spiro atoms. The van der Waals surface area contributed by atoms with Gasteiger partial charge in [-0.1, -0.05) is 10.2 Å². The Morgan fingerprint density at radius 2 is 1.88 bits per heavy atom. The van der Waals surface area contributed by atoms with Crippen LogP contribution < -0.4 is 16.0 Å². The van der Waals surface area contributed by atoms with Crippen molar-refractivity contribution in [3.05, 3.63) is 24.3 Å². The van der Waals surface area contributed by atoms with Gasteiger partial charge in [0.15, 0.2) is 0 Å². The Morgan fingerprint density at radius 3 is 2.38 bits per heavy atom. The Hall–Kier alpha value is -2.24. The van der Waals surface area contributed by atoms with E-state index in [2.05, 4.69) is 15.5 Å². The minimum absolute atomic E-state index is 0.0485. The number of nitrogens with one attached hydrogen (secondary N) is 1. The summed E-state index contributed by atoms with van der Waals surface area (Å²) in [6, 6.07) is 8.16. The normalized spacial score (nSPS) is 10.1. The van der Waals surface area contributed by atoms with Gasteiger partial charge in [0, 0.05) is 25.5 Å². The van der Waals surface area contributed by atoms with E-state index in [-0.39, 0.29) is 12.0 Å². The van der Waals surface area contributed by atoms with Crippen LogP contribution in [0.2, 0.25) is 0 Å². The molecule has 0 aliphatic carbocycles. The van der Waals surface area contributed by atoms with Gasteiger partial charge in [-0.05, 0) is 24.3 Å². The van der Waals surface area contributed by atoms with E-state index in [1.165, 1.54) is 0 Å². The van der Waals surface area contributed by atoms with Crippen molar-refractivity contribution in [2.24, 2.45) is 0 Å². The van der Waals surface area contributed by atoms with Crippen LogP contribution in [0.4, 0.5) is 23.4 Å². The summed E-state index contributed by atoms with van der Waals surface area (Å²) in [5, 5.41) is 10.2. The Labute approximate surface area is 93.1 Å². The van der Waals surface area contributed by atoms with Crippen molar-refractivity contribution in [2.75, 3.05) is 30.0 Å². The van der Waals surface area contributed by atoms with Gasteiger partial charge in [-0.25, -0.2) is 0 Å². The highest BCUT2D eigenvalue weighted by molar-refractivity contribution is 5.58. The van der Waals surface area contributed by atoms with Crippen LogP contribution in [-0.4, -0.2) is 24.3 Å². The number of benzene rings is 1. The fourth-order valence-electron chi connectivity index (χ4n) is 1.25. The fraction of sp³-hybridized carbons (Fsp3) is 0.200. The van der Waals surface area contributed by atoms with Crippen molar-refractivity contribution < 1.29 is 4.42 Å². The molecule has 1 heterocycles. The standard InChI is InChI=1S/C10H13N5O/c1-15(2)8-5-3-7(4-6-8)12-10-14-13-9(11)16-10/h3-6H,1-2H3,(H2,11,13)(H,12,14). The second-order valence-electron chi connectivity index (χ2n) is 3.51. The zero-order chi connectivity index (χ0) is 11.5. The molecule has 0 amide bonds. The number of nitrogen functional groups attached to an aromatic ring is 1. The van der Waals surface area contributed by atoms with Crippen LogP contribution in [0.15, 0.2) is 28.7 Å². The van der Waals surface area contributed by atoms with Gasteiger partial charge in [0.2, 0.25) is 0 Å². The van der Waals surface area contributed by atoms with Crippen molar-refractivity contribution in [3.63, 3.8) is 0 Å². The second kappa shape index (κ2) is 4.09. The van der Waals surface area contributed by atoms with Crippen molar-refractivity contribution in [1.29, 1.82) is 0 Å². The monoisotopic (exact) mass is 219 g/mol. The quantitative estimate of drug-likeness (QED) is 0.813. The maximum Gasteiger partial charge on any atom is 0.321 e. The third kappa shape index (κ3) is 2.22. The molecule has 0 bridgehead atoms. The summed E-state index contributed by atoms with van der Waals surface area (Å²) < 4.78 is 5.00. The van der Waals surface area contributed by atoms with Gasteiger partial charge in [0.05, 0.1) is 0 Å². The van der Waals surface area contributed by atoms with E-state index in [4.69, 9.17) is 10.2 Å². The molecule has 6 nitrogen and oxygen atoms in total. The SMILES string of the molecule is CN(C)c1ccc(Nc2nnc(N)o2)cc1. The van der Waals surface area contributed by atoms with Crippen LogP contribution >= 0.6 is 0 Å². The molecule has 1 aromatic carbocycles. The van der Waals surface area contributed by atoms with Crippen molar-refractivity contribution >= 4 is 23.4 Å². The first-order valence-corrected chi connectivity index (χ1v) is 4.78. The summed E-state index contributed by atoms with van der Waals surface area (Å²) in [5.41, 5.74) is 7.30. The van der Waals surface area contributed by atoms with E-state index in [1.807, 2.05) is 43.3 Å². The van der Waals surface area contributed by atoms with Gasteiger partial charge in [-0.2, -0.15) is 0 Å². The van der Waals surface area contributed by atoms with E-state index in [0.717, 1.165) is 11.4 Å². The number of hydrogen-bond acceptors (Lipinski definition) is 6. The van der Waals surface area contributed by atoms with Gasteiger partial charge >= 0.3 is 12.0 Å². The minimum atomic E-state index is 0.0485. The maximum atomic E-state index is 5.31. The van der Waals surface area contributed by atoms with Gasteiger partial charge in [-0.3, -0.25) is 0 Å². The Balaban J connectivity index is 2.11. The zero-order valence-electron chi connectivity index (χ0n) is 9.14. The number of aromatic nitrogens is 2. The maximum absolute atomic E-state index is 5.31. The van der Waals surface area contributed by atoms with E-state index in [0.29, 0.717) is 0 Å². The summed E-state index contributed by atoms with van der Waals surface area (Å²) in [6.07, 6.45) is 0. The smallest absolute Gasteiger partial charge is 0.321 e. The Morgan fingerprint density at radius 1 is 1.19 bits per heavy atom. The third-order valence-electron chi connectivity index (χ3n) is 2.08. The van der Waals surface area contributed by atoms with E-state index in [1.54, 1.807) is 0 Å². The number of hydrogen-bond donors (Lipinski definition) is 2. The molecule has 84 valence electrons. The zero-order valence-corrected chi connectivity index (χ0v) is 9.14. The highest BCUT2D eigenvalue weighted by Crippen LogP contribution is 2.19. The van der Waals surface area contributed by atoms with Gasteiger partial charge in [0.25, 0.3) is 0 Å². The topological polar surface area (TPSA) is 80.2 Å². The van der Waals surface area contributed by atoms with E-state index < -0.39 is 0 Å². The first kappa shape index (κ1) is 10.3. The molecule has 0 saturated carbocycles. The largest absolute Gasteiger partial charge is 0.389 e. The molecule has 0 saturated heterocycles. The number of anilines is 4. The summed E-state index contributed by atoms with van der Waals surface area (Å²) >= 11 is 0. The summed E-state index contributed by atoms with van der Waals surface area (Å²) in [4.78, 5) is 2.02. The lowest BCUT2D eigenvalue weighted by Gasteiger charge is -2.12. The van der Waals surface area contributed by atoms with Crippen LogP contribution in [-0.2, 0) is 0 Å². The van der Waals surface area contributed by atoms with Gasteiger partial charge < -0.3 is 20.4 Å². The molecule has 0 aliphatic heterocycles. The number of rotatable bonds is 3. The summed E-state index contributed by atoms with van der Waals surface area (Å²) in [7, 11) is 3.97. The van der Waals surface area contributed by atoms with Gasteiger partial charge in [-0.15, -0.1) is 0 Å². The lowest BCUT2D eigenvalue weighted by Crippen LogP contribution is -2.08. The van der Waals surface area contributed by atoms with Gasteiger partial charge in [0.1, 0.15) is 0 Å². The number of nitrogens with zero attached hydrogens (tertiary/aromatic N) is 3. The second-order valence-corrected chi connectivity index (χ2v) is 3.51. The molecule has 0 unspecified atom stereocenters. The van der Waals surface area contributed by atoms with Crippen LogP contribution in [0.25, 0.3) is 0 Å². The molecule has 2 aromatic rings. The van der Waals surface area contributed by atoms with Crippen LogP contribution in [0.3, 0.4) is 0 Å². The Bertz CT molecular complexity index is 462. The highest BCUT2D eigenvalue weighted by atomic mass is 16.4. The third-order valence-corrected chi connectivity index (χ3v) is 2.08. The number of nitrogens with two attached hydrogens (primary N) is 1. The van der Waals surface area contributed by atoms with Crippen LogP contribution in [0.5, 0.6) is 0 Å². The first-order chi connectivity index (χ1) is 7.65. The lowest BCUT2D eigenvalue weighted by atomic mass is 10.2. The molecule has 16 heavy (non-hydrogen) atoms. The molecule has 0 radical (unpaired) electrons. The molecule has 3 N–H and O–H groups in total. The highest BCUT2D eigenvalue weighted by Gasteiger charge is 2.02. The molecular weight excluding hydrogens is 206 g/mol. The fourth-order valence-corrected chi connectivity index (χ4v) is 1.25. The van der Waals surface area contributed by atoms with Crippen molar-refractivity contribution in [1.82, 2.24) is 10.2 Å². The van der Waals surface area contributed by atoms with Crippen LogP contribution in [0.1, 0.15) is 0 Å². The van der Waals surface area contributed by atoms with E-state index >= 15 is 0 Å². The molecule has 1 aromatic heterocycles. The minimum Gasteiger partial charge on any atom is -0.389 e. The lowest BCUT2D eigenvalue weighted by molar-refractivity contribution is 0.593. The first-order valence-electron chi connectivity index (χ1n) is 4.78. The van der Waals surface area contributed by atoms with Crippen molar-refractivity contribution in [2.45, 2.75) is 0 Å². The predicted molar refractivity (Wildman–Crippen MR) is 62.8 cm³/mol. The van der Waals surface area contributed by atoms with Crippen molar-refractivity contribution in [3.8, 4) is 0 Å². The average molecular weight is 219 g/mol. The predicted octanol–water partition coefficient (Wildman–Crippen LogP) is 1.46. The molecular formula is C10H13N5O. The Kier molecular flexibility index (Phi) is 2.63. The summed E-state index contributed by atoms with van der Waals surface area (Å²) in [5.74, 6) is 0. The molecule has 0 fully saturated rings. The van der Waals surface area contributed by atoms with E-state index in [9.17, 15) is 0 Å². The average Bonchev–Trinajstić information content (AvgIpc) is 2.65. The molecule has 2 rings (SSSR count). The molecule has 6 heteroatoms. The van der Waals surface area contributed by atoms with Crippen LogP contribution in [0, 0.1) is 0 Å². The summed E-state index contributed by atoms with van der Waals surface area (Å²) in [6.45, 7) is 0.